The fraction of sp³-hybridized carbons (Fsp3) is 0.417. The van der Waals surface area contributed by atoms with E-state index in [9.17, 15) is 18.0 Å². The van der Waals surface area contributed by atoms with Crippen LogP contribution >= 0.6 is 0 Å². The van der Waals surface area contributed by atoms with Crippen molar-refractivity contribution in [2.75, 3.05) is 6.54 Å². The summed E-state index contributed by atoms with van der Waals surface area (Å²) in [5, 5.41) is 0.941. The lowest BCUT2D eigenvalue weighted by atomic mass is 10.1. The van der Waals surface area contributed by atoms with Gasteiger partial charge in [0.2, 0.25) is 5.91 Å². The van der Waals surface area contributed by atoms with Crippen molar-refractivity contribution < 1.29 is 18.0 Å². The van der Waals surface area contributed by atoms with Crippen LogP contribution in [0.4, 0.5) is 13.2 Å². The van der Waals surface area contributed by atoms with E-state index in [1.54, 1.807) is 4.90 Å². The van der Waals surface area contributed by atoms with Crippen LogP contribution in [-0.4, -0.2) is 26.9 Å². The van der Waals surface area contributed by atoms with Crippen LogP contribution in [-0.2, 0) is 17.5 Å². The maximum absolute atomic E-state index is 13.5. The van der Waals surface area contributed by atoms with Gasteiger partial charge in [-0.1, -0.05) is 0 Å². The molecule has 0 atom stereocenters. The number of fused-ring (bicyclic) bond motifs is 1. The number of pyridine rings is 1. The Bertz CT molecular complexity index is 1140. The normalized spacial score (nSPS) is 16.6. The van der Waals surface area contributed by atoms with E-state index in [1.165, 1.54) is 12.1 Å². The average Bonchev–Trinajstić information content (AvgIpc) is 3.67. The van der Waals surface area contributed by atoms with E-state index in [2.05, 4.69) is 0 Å². The fourth-order valence-electron chi connectivity index (χ4n) is 4.09. The lowest BCUT2D eigenvalue weighted by Gasteiger charge is -2.24. The molecule has 2 saturated carbocycles. The highest BCUT2D eigenvalue weighted by Crippen LogP contribution is 2.40. The Labute approximate surface area is 178 Å². The summed E-state index contributed by atoms with van der Waals surface area (Å²) in [6.07, 6.45) is 1.38. The van der Waals surface area contributed by atoms with Crippen molar-refractivity contribution in [2.24, 2.45) is 5.92 Å². The van der Waals surface area contributed by atoms with Crippen molar-refractivity contribution in [1.82, 2.24) is 14.5 Å². The number of benzene rings is 1. The Hall–Kier alpha value is -2.83. The molecule has 7 heteroatoms. The molecule has 2 fully saturated rings. The maximum atomic E-state index is 13.5. The summed E-state index contributed by atoms with van der Waals surface area (Å²) in [5.74, 6) is 0.522. The molecule has 0 radical (unpaired) electrons. The molecular formula is C24H24F3N3O. The molecule has 1 amide bonds. The predicted octanol–water partition coefficient (Wildman–Crippen LogP) is 5.68. The first-order chi connectivity index (χ1) is 14.8. The van der Waals surface area contributed by atoms with Gasteiger partial charge >= 0.3 is 6.18 Å². The van der Waals surface area contributed by atoms with Crippen LogP contribution in [0.3, 0.4) is 0 Å². The first-order valence-electron chi connectivity index (χ1n) is 10.8. The third-order valence-electron chi connectivity index (χ3n) is 6.20. The van der Waals surface area contributed by atoms with Crippen LogP contribution in [0.1, 0.15) is 55.3 Å². The van der Waals surface area contributed by atoms with Crippen molar-refractivity contribution in [3.63, 3.8) is 0 Å². The van der Waals surface area contributed by atoms with Crippen molar-refractivity contribution in [2.45, 2.75) is 51.2 Å². The number of halogens is 3. The molecule has 2 aliphatic rings. The maximum Gasteiger partial charge on any atom is 0.416 e. The summed E-state index contributed by atoms with van der Waals surface area (Å²) in [7, 11) is 0. The van der Waals surface area contributed by atoms with Crippen LogP contribution in [0.15, 0.2) is 42.6 Å². The summed E-state index contributed by atoms with van der Waals surface area (Å²) in [4.78, 5) is 19.1. The molecule has 0 aliphatic heterocycles. The smallest absolute Gasteiger partial charge is 0.338 e. The second-order valence-electron chi connectivity index (χ2n) is 8.58. The molecule has 5 rings (SSSR count). The largest absolute Gasteiger partial charge is 0.416 e. The van der Waals surface area contributed by atoms with E-state index in [1.807, 2.05) is 35.9 Å². The van der Waals surface area contributed by atoms with Gasteiger partial charge in [-0.15, -0.1) is 0 Å². The second kappa shape index (κ2) is 7.39. The Kier molecular flexibility index (Phi) is 4.79. The number of aromatic nitrogens is 2. The van der Waals surface area contributed by atoms with Crippen LogP contribution in [0.25, 0.3) is 16.7 Å². The minimum absolute atomic E-state index is 0.0179. The van der Waals surface area contributed by atoms with E-state index < -0.39 is 11.7 Å². The Morgan fingerprint density at radius 2 is 1.90 bits per heavy atom. The Morgan fingerprint density at radius 1 is 1.13 bits per heavy atom. The van der Waals surface area contributed by atoms with Gasteiger partial charge in [0.15, 0.2) is 0 Å². The highest BCUT2D eigenvalue weighted by atomic mass is 19.4. The lowest BCUT2D eigenvalue weighted by Crippen LogP contribution is -2.32. The number of rotatable bonds is 6. The molecule has 0 saturated heterocycles. The van der Waals surface area contributed by atoms with Gasteiger partial charge in [0.05, 0.1) is 11.3 Å². The van der Waals surface area contributed by atoms with E-state index >= 15 is 0 Å². The van der Waals surface area contributed by atoms with Gasteiger partial charge in [-0.05, 0) is 74.6 Å². The minimum Gasteiger partial charge on any atom is -0.338 e. The summed E-state index contributed by atoms with van der Waals surface area (Å²) >= 11 is 0. The molecule has 3 aromatic rings. The number of hydrogen-bond acceptors (Lipinski definition) is 2. The molecule has 2 aromatic heterocycles. The molecule has 2 heterocycles. The first kappa shape index (κ1) is 20.1. The Morgan fingerprint density at radius 3 is 2.55 bits per heavy atom. The zero-order chi connectivity index (χ0) is 21.8. The molecule has 31 heavy (non-hydrogen) atoms. The van der Waals surface area contributed by atoms with Gasteiger partial charge in [-0.25, -0.2) is 4.98 Å². The quantitative estimate of drug-likeness (QED) is 0.508. The van der Waals surface area contributed by atoms with Crippen LogP contribution in [0.2, 0.25) is 0 Å². The van der Waals surface area contributed by atoms with Crippen LogP contribution in [0.5, 0.6) is 0 Å². The number of carbonyl (C=O) groups is 1. The van der Waals surface area contributed by atoms with Gasteiger partial charge in [-0.3, -0.25) is 4.79 Å². The van der Waals surface area contributed by atoms with Crippen molar-refractivity contribution in [3.8, 4) is 5.69 Å². The first-order valence-corrected chi connectivity index (χ1v) is 10.8. The topological polar surface area (TPSA) is 38.1 Å². The molecular weight excluding hydrogens is 403 g/mol. The van der Waals surface area contributed by atoms with Crippen molar-refractivity contribution in [3.05, 3.63) is 59.4 Å². The highest BCUT2D eigenvalue weighted by molar-refractivity contribution is 5.81. The Balaban J connectivity index is 1.60. The van der Waals surface area contributed by atoms with E-state index in [4.69, 9.17) is 4.98 Å². The number of hydrogen-bond donors (Lipinski definition) is 0. The average molecular weight is 427 g/mol. The number of alkyl halides is 3. The van der Waals surface area contributed by atoms with Crippen LogP contribution < -0.4 is 0 Å². The highest BCUT2D eigenvalue weighted by Gasteiger charge is 2.34. The van der Waals surface area contributed by atoms with E-state index in [-0.39, 0.29) is 18.4 Å². The summed E-state index contributed by atoms with van der Waals surface area (Å²) in [6.45, 7) is 2.47. The molecule has 162 valence electrons. The zero-order valence-electron chi connectivity index (χ0n) is 17.3. The summed E-state index contributed by atoms with van der Waals surface area (Å²) in [5.41, 5.74) is 2.17. The third kappa shape index (κ3) is 3.93. The van der Waals surface area contributed by atoms with Crippen LogP contribution in [0, 0.1) is 5.92 Å². The second-order valence-corrected chi connectivity index (χ2v) is 8.58. The van der Waals surface area contributed by atoms with Gasteiger partial charge in [-0.2, -0.15) is 13.2 Å². The minimum atomic E-state index is -4.44. The predicted molar refractivity (Wildman–Crippen MR) is 112 cm³/mol. The fourth-order valence-corrected chi connectivity index (χ4v) is 4.09. The molecule has 0 bridgehead atoms. The number of carbonyl (C=O) groups excluding carboxylic acids is 1. The SMILES string of the molecule is CCN(Cc1cc(C(F)(F)F)ccc1-n1ccc2ccc(C3CC3)nc21)C(=O)C1CC1. The van der Waals surface area contributed by atoms with Gasteiger partial charge in [0.1, 0.15) is 5.65 Å². The van der Waals surface area contributed by atoms with E-state index in [0.29, 0.717) is 23.7 Å². The molecule has 2 aliphatic carbocycles. The molecule has 0 spiro atoms. The lowest BCUT2D eigenvalue weighted by molar-refractivity contribution is -0.137. The van der Waals surface area contributed by atoms with Crippen molar-refractivity contribution in [1.29, 1.82) is 0 Å². The monoisotopic (exact) mass is 427 g/mol. The number of nitrogens with zero attached hydrogens (tertiary/aromatic N) is 3. The zero-order valence-corrected chi connectivity index (χ0v) is 17.3. The molecule has 0 N–H and O–H groups in total. The number of amides is 1. The van der Waals surface area contributed by atoms with Crippen molar-refractivity contribution >= 4 is 16.9 Å². The summed E-state index contributed by atoms with van der Waals surface area (Å²) < 4.78 is 42.2. The summed E-state index contributed by atoms with van der Waals surface area (Å²) in [6, 6.07) is 9.76. The third-order valence-corrected chi connectivity index (χ3v) is 6.20. The van der Waals surface area contributed by atoms with Gasteiger partial charge in [0.25, 0.3) is 0 Å². The molecule has 1 aromatic carbocycles. The standard InChI is InChI=1S/C24H24F3N3O/c1-2-29(23(31)17-5-6-17)14-18-13-19(24(25,26)27)8-10-21(18)30-12-11-16-7-9-20(15-3-4-15)28-22(16)30/h7-13,15,17H,2-6,14H2,1H3. The van der Waals surface area contributed by atoms with E-state index in [0.717, 1.165) is 48.5 Å². The van der Waals surface area contributed by atoms with Gasteiger partial charge < -0.3 is 9.47 Å². The molecule has 4 nitrogen and oxygen atoms in total. The van der Waals surface area contributed by atoms with Gasteiger partial charge in [0, 0.05) is 42.2 Å². The molecule has 0 unspecified atom stereocenters.